The fraction of sp³-hybridized carbons (Fsp3) is 0.471. The number of alkyl halides is 3. The number of nitrogens with one attached hydrogen (secondary N) is 1. The van der Waals surface area contributed by atoms with Crippen LogP contribution in [-0.4, -0.2) is 38.8 Å². The molecule has 27 heavy (non-hydrogen) atoms. The number of carbonyl (C=O) groups is 1. The zero-order chi connectivity index (χ0) is 19.6. The monoisotopic (exact) mass is 383 g/mol. The first-order valence-electron chi connectivity index (χ1n) is 8.56. The largest absolute Gasteiger partial charge is 0.492 e. The lowest BCUT2D eigenvalue weighted by atomic mass is 10.1. The van der Waals surface area contributed by atoms with Gasteiger partial charge in [-0.15, -0.1) is 10.2 Å². The lowest BCUT2D eigenvalue weighted by Crippen LogP contribution is -2.35. The molecule has 0 spiro atoms. The number of hydrogen-bond acceptors (Lipinski definition) is 4. The molecule has 1 aromatic heterocycles. The van der Waals surface area contributed by atoms with E-state index in [1.54, 1.807) is 29.8 Å². The summed E-state index contributed by atoms with van der Waals surface area (Å²) in [6.45, 7) is 2.46. The van der Waals surface area contributed by atoms with E-state index in [2.05, 4.69) is 15.5 Å². The molecule has 2 aromatic rings. The molecule has 1 aromatic carbocycles. The van der Waals surface area contributed by atoms with Crippen molar-refractivity contribution in [3.05, 3.63) is 35.9 Å². The van der Waals surface area contributed by atoms with Gasteiger partial charge in [0.2, 0.25) is 0 Å². The standard InChI is InChI=1S/C17H20F3N5O2/c1-3-27-14-7-6-11(17(18,19)20)9-12(14)22-16(26)25-8-4-5-13(25)15-23-21-10-24(15)2/h6-7,9-10,13H,3-5,8H2,1-2H3,(H,22,26). The van der Waals surface area contributed by atoms with E-state index < -0.39 is 17.8 Å². The fourth-order valence-electron chi connectivity index (χ4n) is 3.14. The van der Waals surface area contributed by atoms with Gasteiger partial charge in [0.1, 0.15) is 12.1 Å². The van der Waals surface area contributed by atoms with Gasteiger partial charge >= 0.3 is 12.2 Å². The summed E-state index contributed by atoms with van der Waals surface area (Å²) in [5.41, 5.74) is -0.868. The number of ether oxygens (including phenoxy) is 1. The molecular weight excluding hydrogens is 363 g/mol. The lowest BCUT2D eigenvalue weighted by molar-refractivity contribution is -0.137. The van der Waals surface area contributed by atoms with Crippen molar-refractivity contribution in [2.45, 2.75) is 32.0 Å². The highest BCUT2D eigenvalue weighted by Gasteiger charge is 2.34. The number of likely N-dealkylation sites (tertiary alicyclic amines) is 1. The summed E-state index contributed by atoms with van der Waals surface area (Å²) in [7, 11) is 1.78. The number of anilines is 1. The highest BCUT2D eigenvalue weighted by molar-refractivity contribution is 5.91. The summed E-state index contributed by atoms with van der Waals surface area (Å²) in [5, 5.41) is 10.4. The van der Waals surface area contributed by atoms with E-state index in [0.717, 1.165) is 18.6 Å². The molecule has 1 aliphatic heterocycles. The van der Waals surface area contributed by atoms with E-state index in [9.17, 15) is 18.0 Å². The van der Waals surface area contributed by atoms with Gasteiger partial charge in [0.25, 0.3) is 0 Å². The topological polar surface area (TPSA) is 72.3 Å². The lowest BCUT2D eigenvalue weighted by Gasteiger charge is -2.25. The Morgan fingerprint density at radius 1 is 1.41 bits per heavy atom. The number of nitrogens with zero attached hydrogens (tertiary/aromatic N) is 4. The maximum atomic E-state index is 13.0. The first kappa shape index (κ1) is 19.0. The molecule has 2 amide bonds. The number of carbonyl (C=O) groups excluding carboxylic acids is 1. The molecule has 0 aliphatic carbocycles. The van der Waals surface area contributed by atoms with Crippen LogP contribution in [0.25, 0.3) is 0 Å². The SMILES string of the molecule is CCOc1ccc(C(F)(F)F)cc1NC(=O)N1CCCC1c1nncn1C. The number of hydrogen-bond donors (Lipinski definition) is 1. The molecule has 0 saturated carbocycles. The van der Waals surface area contributed by atoms with E-state index in [1.165, 1.54) is 6.07 Å². The Balaban J connectivity index is 1.85. The maximum Gasteiger partial charge on any atom is 0.416 e. The smallest absolute Gasteiger partial charge is 0.416 e. The second-order valence-electron chi connectivity index (χ2n) is 6.22. The number of halogens is 3. The quantitative estimate of drug-likeness (QED) is 0.876. The third-order valence-electron chi connectivity index (χ3n) is 4.41. The number of urea groups is 1. The number of aryl methyl sites for hydroxylation is 1. The van der Waals surface area contributed by atoms with Crippen LogP contribution >= 0.6 is 0 Å². The van der Waals surface area contributed by atoms with E-state index >= 15 is 0 Å². The predicted molar refractivity (Wildman–Crippen MR) is 91.3 cm³/mol. The van der Waals surface area contributed by atoms with Crippen molar-refractivity contribution in [3.63, 3.8) is 0 Å². The summed E-state index contributed by atoms with van der Waals surface area (Å²) in [4.78, 5) is 14.3. The van der Waals surface area contributed by atoms with Gasteiger partial charge in [-0.3, -0.25) is 0 Å². The van der Waals surface area contributed by atoms with Gasteiger partial charge in [-0.1, -0.05) is 0 Å². The normalized spacial score (nSPS) is 17.2. The zero-order valence-corrected chi connectivity index (χ0v) is 15.0. The second-order valence-corrected chi connectivity index (χ2v) is 6.22. The summed E-state index contributed by atoms with van der Waals surface area (Å²) < 4.78 is 46.2. The minimum Gasteiger partial charge on any atom is -0.492 e. The first-order chi connectivity index (χ1) is 12.8. The Bertz CT molecular complexity index is 821. The molecule has 1 saturated heterocycles. The van der Waals surface area contributed by atoms with Crippen molar-refractivity contribution < 1.29 is 22.7 Å². The van der Waals surface area contributed by atoms with Crippen LogP contribution in [0.2, 0.25) is 0 Å². The van der Waals surface area contributed by atoms with Gasteiger partial charge in [-0.05, 0) is 38.0 Å². The molecule has 3 rings (SSSR count). The minimum absolute atomic E-state index is 0.0136. The fourth-order valence-corrected chi connectivity index (χ4v) is 3.14. The van der Waals surface area contributed by atoms with Crippen LogP contribution < -0.4 is 10.1 Å². The van der Waals surface area contributed by atoms with Crippen molar-refractivity contribution in [1.29, 1.82) is 0 Å². The molecular formula is C17H20F3N5O2. The Labute approximate surface area is 154 Å². The third-order valence-corrected chi connectivity index (χ3v) is 4.41. The van der Waals surface area contributed by atoms with Crippen LogP contribution in [0.15, 0.2) is 24.5 Å². The number of benzene rings is 1. The summed E-state index contributed by atoms with van der Waals surface area (Å²) >= 11 is 0. The maximum absolute atomic E-state index is 13.0. The highest BCUT2D eigenvalue weighted by atomic mass is 19.4. The van der Waals surface area contributed by atoms with E-state index in [0.29, 0.717) is 18.8 Å². The van der Waals surface area contributed by atoms with E-state index in [4.69, 9.17) is 4.74 Å². The van der Waals surface area contributed by atoms with Crippen molar-refractivity contribution in [2.75, 3.05) is 18.5 Å². The summed E-state index contributed by atoms with van der Waals surface area (Å²) in [6, 6.07) is 2.25. The molecule has 1 aliphatic rings. The Morgan fingerprint density at radius 3 is 2.81 bits per heavy atom. The van der Waals surface area contributed by atoms with Crippen LogP contribution in [0.3, 0.4) is 0 Å². The molecule has 0 radical (unpaired) electrons. The van der Waals surface area contributed by atoms with Gasteiger partial charge < -0.3 is 19.5 Å². The van der Waals surface area contributed by atoms with Crippen LogP contribution in [0.4, 0.5) is 23.7 Å². The van der Waals surface area contributed by atoms with Gasteiger partial charge in [-0.25, -0.2) is 4.79 Å². The molecule has 1 unspecified atom stereocenters. The molecule has 0 bridgehead atoms. The Morgan fingerprint density at radius 2 is 2.19 bits per heavy atom. The molecule has 2 heterocycles. The zero-order valence-electron chi connectivity index (χ0n) is 15.0. The minimum atomic E-state index is -4.51. The van der Waals surface area contributed by atoms with Crippen molar-refractivity contribution in [3.8, 4) is 5.75 Å². The summed E-state index contributed by atoms with van der Waals surface area (Å²) in [5.74, 6) is 0.824. The highest BCUT2D eigenvalue weighted by Crippen LogP contribution is 2.36. The average molecular weight is 383 g/mol. The van der Waals surface area contributed by atoms with Crippen molar-refractivity contribution in [1.82, 2.24) is 19.7 Å². The average Bonchev–Trinajstić information content (AvgIpc) is 3.24. The summed E-state index contributed by atoms with van der Waals surface area (Å²) in [6.07, 6.45) is -1.49. The Hall–Kier alpha value is -2.78. The van der Waals surface area contributed by atoms with Crippen LogP contribution in [0.1, 0.15) is 37.2 Å². The van der Waals surface area contributed by atoms with E-state index in [1.807, 2.05) is 0 Å². The predicted octanol–water partition coefficient (Wildman–Crippen LogP) is 3.60. The van der Waals surface area contributed by atoms with Gasteiger partial charge in [0.15, 0.2) is 5.82 Å². The molecule has 1 atom stereocenters. The van der Waals surface area contributed by atoms with Gasteiger partial charge in [-0.2, -0.15) is 13.2 Å². The third kappa shape index (κ3) is 3.99. The van der Waals surface area contributed by atoms with Crippen LogP contribution in [0, 0.1) is 0 Å². The number of aromatic nitrogens is 3. The molecule has 1 fully saturated rings. The molecule has 146 valence electrons. The van der Waals surface area contributed by atoms with Crippen LogP contribution in [0.5, 0.6) is 5.75 Å². The molecule has 7 nitrogen and oxygen atoms in total. The van der Waals surface area contributed by atoms with Gasteiger partial charge in [0.05, 0.1) is 23.9 Å². The second kappa shape index (κ2) is 7.45. The van der Waals surface area contributed by atoms with E-state index in [-0.39, 0.29) is 24.1 Å². The number of rotatable bonds is 4. The van der Waals surface area contributed by atoms with Crippen LogP contribution in [-0.2, 0) is 13.2 Å². The Kier molecular flexibility index (Phi) is 5.24. The molecule has 10 heteroatoms. The number of amides is 2. The van der Waals surface area contributed by atoms with Gasteiger partial charge in [0, 0.05) is 13.6 Å². The van der Waals surface area contributed by atoms with Crippen molar-refractivity contribution in [2.24, 2.45) is 7.05 Å². The first-order valence-corrected chi connectivity index (χ1v) is 8.56. The van der Waals surface area contributed by atoms with Crippen molar-refractivity contribution >= 4 is 11.7 Å². The molecule has 1 N–H and O–H groups in total.